The zero-order valence-electron chi connectivity index (χ0n) is 14.4. The third-order valence-corrected chi connectivity index (χ3v) is 5.16. The largest absolute Gasteiger partial charge is 0.456 e. The van der Waals surface area contributed by atoms with Gasteiger partial charge in [0.15, 0.2) is 0 Å². The number of hydrogen-bond acceptors (Lipinski definition) is 2. The summed E-state index contributed by atoms with van der Waals surface area (Å²) in [5.41, 5.74) is 4.50. The van der Waals surface area contributed by atoms with E-state index < -0.39 is 0 Å². The average Bonchev–Trinajstić information content (AvgIpc) is 3.23. The summed E-state index contributed by atoms with van der Waals surface area (Å²) in [6.07, 6.45) is 0. The van der Waals surface area contributed by atoms with Crippen LogP contribution < -0.4 is 5.59 Å². The van der Waals surface area contributed by atoms with E-state index in [-0.39, 0.29) is 0 Å². The molecule has 27 heavy (non-hydrogen) atoms. The maximum Gasteiger partial charge on any atom is 0.141 e. The van der Waals surface area contributed by atoms with E-state index in [1.54, 1.807) is 6.07 Å². The number of aromatic nitrogens is 2. The minimum absolute atomic E-state index is 0.508. The molecule has 0 atom stereocenters. The van der Waals surface area contributed by atoms with Gasteiger partial charge in [0.25, 0.3) is 0 Å². The van der Waals surface area contributed by atoms with Gasteiger partial charge in [-0.15, -0.1) is 0 Å². The third-order valence-electron chi connectivity index (χ3n) is 5.16. The molecule has 0 aliphatic rings. The number of para-hydroxylation sites is 2. The van der Waals surface area contributed by atoms with E-state index in [0.717, 1.165) is 38.8 Å². The molecule has 124 valence electrons. The van der Waals surface area contributed by atoms with Crippen molar-refractivity contribution in [2.24, 2.45) is 0 Å². The molecule has 3 aromatic heterocycles. The van der Waals surface area contributed by atoms with E-state index in [4.69, 9.17) is 12.3 Å². The molecule has 6 rings (SSSR count). The summed E-state index contributed by atoms with van der Waals surface area (Å²) in [5, 5.41) is 4.62. The molecule has 0 fully saturated rings. The minimum Gasteiger partial charge on any atom is -0.456 e. The first kappa shape index (κ1) is 14.6. The summed E-state index contributed by atoms with van der Waals surface area (Å²) in [7, 11) is 5.96. The Labute approximate surface area is 156 Å². The second-order valence-corrected chi connectivity index (χ2v) is 6.70. The van der Waals surface area contributed by atoms with Gasteiger partial charge in [0, 0.05) is 21.5 Å². The van der Waals surface area contributed by atoms with Crippen LogP contribution in [-0.4, -0.2) is 17.4 Å². The second kappa shape index (κ2) is 5.24. The molecule has 0 amide bonds. The fourth-order valence-corrected chi connectivity index (χ4v) is 4.09. The van der Waals surface area contributed by atoms with Crippen LogP contribution in [0.15, 0.2) is 83.3 Å². The number of nitrogens with zero attached hydrogens (tertiary/aromatic N) is 2. The first-order valence-corrected chi connectivity index (χ1v) is 8.87. The highest BCUT2D eigenvalue weighted by Crippen LogP contribution is 2.40. The van der Waals surface area contributed by atoms with Crippen molar-refractivity contribution in [2.45, 2.75) is 0 Å². The molecular weight excluding hydrogens is 331 g/mol. The highest BCUT2D eigenvalue weighted by molar-refractivity contribution is 6.30. The lowest BCUT2D eigenvalue weighted by Crippen LogP contribution is -2.10. The Balaban J connectivity index is 1.90. The van der Waals surface area contributed by atoms with E-state index >= 15 is 0 Å². The SMILES string of the molecule is [B]c1cccc(-n2c3ccccc3c3c4c(ccc32)oc2ccccc24)n1. The monoisotopic (exact) mass is 344 g/mol. The van der Waals surface area contributed by atoms with Crippen LogP contribution >= 0.6 is 0 Å². The van der Waals surface area contributed by atoms with Crippen LogP contribution in [0.5, 0.6) is 0 Å². The Morgan fingerprint density at radius 2 is 1.48 bits per heavy atom. The molecule has 2 radical (unpaired) electrons. The molecule has 3 heterocycles. The first-order chi connectivity index (χ1) is 13.3. The first-order valence-electron chi connectivity index (χ1n) is 8.87. The molecule has 0 N–H and O–H groups in total. The van der Waals surface area contributed by atoms with Crippen LogP contribution in [0.2, 0.25) is 0 Å². The van der Waals surface area contributed by atoms with Gasteiger partial charge in [0.1, 0.15) is 24.8 Å². The van der Waals surface area contributed by atoms with Crippen LogP contribution in [0.25, 0.3) is 49.6 Å². The van der Waals surface area contributed by atoms with E-state index in [1.807, 2.05) is 30.3 Å². The number of benzene rings is 3. The third kappa shape index (κ3) is 1.95. The molecular formula is C23H13BN2O. The smallest absolute Gasteiger partial charge is 0.141 e. The van der Waals surface area contributed by atoms with Crippen molar-refractivity contribution in [3.8, 4) is 5.82 Å². The standard InChI is InChI=1S/C23H13BN2O/c24-20-10-5-11-21(25-20)26-16-8-3-1-6-14(16)22-17(26)12-13-19-23(22)15-7-2-4-9-18(15)27-19/h1-13H. The molecule has 3 aromatic carbocycles. The van der Waals surface area contributed by atoms with Crippen molar-refractivity contribution < 1.29 is 4.42 Å². The average molecular weight is 344 g/mol. The molecule has 3 nitrogen and oxygen atoms in total. The zero-order chi connectivity index (χ0) is 18.0. The lowest BCUT2D eigenvalue weighted by atomic mass is 10.0. The molecule has 0 spiro atoms. The van der Waals surface area contributed by atoms with E-state index in [0.29, 0.717) is 5.59 Å². The highest BCUT2D eigenvalue weighted by Gasteiger charge is 2.18. The summed E-state index contributed by atoms with van der Waals surface area (Å²) in [5.74, 6) is 0.813. The highest BCUT2D eigenvalue weighted by atomic mass is 16.3. The molecule has 0 aliphatic carbocycles. The molecule has 0 saturated carbocycles. The predicted molar refractivity (Wildman–Crippen MR) is 111 cm³/mol. The Hall–Kier alpha value is -3.53. The summed E-state index contributed by atoms with van der Waals surface area (Å²) in [4.78, 5) is 4.56. The second-order valence-electron chi connectivity index (χ2n) is 6.70. The number of pyridine rings is 1. The quantitative estimate of drug-likeness (QED) is 0.398. The molecule has 0 saturated heterocycles. The zero-order valence-corrected chi connectivity index (χ0v) is 14.4. The fraction of sp³-hybridized carbons (Fsp3) is 0. The van der Waals surface area contributed by atoms with Crippen molar-refractivity contribution in [3.63, 3.8) is 0 Å². The maximum atomic E-state index is 6.10. The van der Waals surface area contributed by atoms with E-state index in [2.05, 4.69) is 52.0 Å². The predicted octanol–water partition coefficient (Wildman–Crippen LogP) is 4.87. The van der Waals surface area contributed by atoms with Gasteiger partial charge >= 0.3 is 0 Å². The number of fused-ring (bicyclic) bond motifs is 7. The van der Waals surface area contributed by atoms with Crippen molar-refractivity contribution in [1.82, 2.24) is 9.55 Å². The van der Waals surface area contributed by atoms with Gasteiger partial charge in [-0.3, -0.25) is 4.57 Å². The Morgan fingerprint density at radius 3 is 2.37 bits per heavy atom. The summed E-state index contributed by atoms with van der Waals surface area (Å²) >= 11 is 0. The normalized spacial score (nSPS) is 11.9. The van der Waals surface area contributed by atoms with Crippen molar-refractivity contribution in [3.05, 3.63) is 78.9 Å². The van der Waals surface area contributed by atoms with Crippen LogP contribution in [0.3, 0.4) is 0 Å². The molecule has 0 bridgehead atoms. The van der Waals surface area contributed by atoms with Crippen LogP contribution in [0, 0.1) is 0 Å². The van der Waals surface area contributed by atoms with Gasteiger partial charge < -0.3 is 4.42 Å². The Bertz CT molecular complexity index is 1490. The number of rotatable bonds is 1. The van der Waals surface area contributed by atoms with Gasteiger partial charge in [0.2, 0.25) is 0 Å². The summed E-state index contributed by atoms with van der Waals surface area (Å²) in [6, 6.07) is 26.4. The number of hydrogen-bond donors (Lipinski definition) is 0. The van der Waals surface area contributed by atoms with Crippen LogP contribution in [0.1, 0.15) is 0 Å². The fourth-order valence-electron chi connectivity index (χ4n) is 4.09. The van der Waals surface area contributed by atoms with Gasteiger partial charge in [0.05, 0.1) is 11.0 Å². The van der Waals surface area contributed by atoms with E-state index in [1.165, 1.54) is 10.8 Å². The van der Waals surface area contributed by atoms with Crippen molar-refractivity contribution in [2.75, 3.05) is 0 Å². The Morgan fingerprint density at radius 1 is 0.667 bits per heavy atom. The summed E-state index contributed by atoms with van der Waals surface area (Å²) < 4.78 is 8.27. The van der Waals surface area contributed by atoms with Gasteiger partial charge in [-0.25, -0.2) is 4.98 Å². The number of furan rings is 1. The minimum atomic E-state index is 0.508. The molecule has 6 aromatic rings. The Kier molecular flexibility index (Phi) is 2.84. The van der Waals surface area contributed by atoms with E-state index in [9.17, 15) is 0 Å². The lowest BCUT2D eigenvalue weighted by molar-refractivity contribution is 0.669. The van der Waals surface area contributed by atoms with Gasteiger partial charge in [-0.2, -0.15) is 0 Å². The van der Waals surface area contributed by atoms with Crippen LogP contribution in [0.4, 0.5) is 0 Å². The molecule has 0 aliphatic heterocycles. The van der Waals surface area contributed by atoms with Crippen LogP contribution in [-0.2, 0) is 0 Å². The van der Waals surface area contributed by atoms with Crippen molar-refractivity contribution in [1.29, 1.82) is 0 Å². The molecule has 0 unspecified atom stereocenters. The molecule has 4 heteroatoms. The van der Waals surface area contributed by atoms with Crippen molar-refractivity contribution >= 4 is 57.2 Å². The van der Waals surface area contributed by atoms with Gasteiger partial charge in [-0.05, 0) is 35.9 Å². The topological polar surface area (TPSA) is 31.0 Å². The lowest BCUT2D eigenvalue weighted by Gasteiger charge is -2.07. The van der Waals surface area contributed by atoms with Gasteiger partial charge in [-0.1, -0.05) is 48.5 Å². The maximum absolute atomic E-state index is 6.10. The summed E-state index contributed by atoms with van der Waals surface area (Å²) in [6.45, 7) is 0.